The average molecular weight is 260 g/mol. The molecule has 92 valence electrons. The molecule has 0 radical (unpaired) electrons. The monoisotopic (exact) mass is 260 g/mol. The lowest BCUT2D eigenvalue weighted by molar-refractivity contribution is -0.137. The zero-order valence-electron chi connectivity index (χ0n) is 9.88. The first-order chi connectivity index (χ1) is 8.72. The number of carbonyl (C=O) groups excluding carboxylic acids is 2. The molecule has 1 aromatic carbocycles. The number of rotatable bonds is 4. The Hall–Kier alpha value is -1.94. The molecule has 1 heterocycles. The molecule has 0 spiro atoms. The van der Waals surface area contributed by atoms with Crippen LogP contribution < -0.4 is 0 Å². The van der Waals surface area contributed by atoms with Crippen LogP contribution in [0.4, 0.5) is 0 Å². The molecule has 0 unspecified atom stereocenters. The fourth-order valence-electron chi connectivity index (χ4n) is 1.54. The number of thiophene rings is 1. The largest absolute Gasteiger partial charge is 0.460 e. The summed E-state index contributed by atoms with van der Waals surface area (Å²) in [5.41, 5.74) is 1.39. The van der Waals surface area contributed by atoms with Crippen LogP contribution in [0.2, 0.25) is 0 Å². The molecule has 0 bridgehead atoms. The van der Waals surface area contributed by atoms with Gasteiger partial charge < -0.3 is 4.74 Å². The van der Waals surface area contributed by atoms with Crippen LogP contribution in [0.3, 0.4) is 0 Å². The van der Waals surface area contributed by atoms with E-state index >= 15 is 0 Å². The third-order valence-electron chi connectivity index (χ3n) is 2.41. The molecule has 0 saturated heterocycles. The average Bonchev–Trinajstić information content (AvgIpc) is 2.92. The Kier molecular flexibility index (Phi) is 3.89. The predicted octanol–water partition coefficient (Wildman–Crippen LogP) is 3.16. The second-order valence-corrected chi connectivity index (χ2v) is 4.55. The Balaban J connectivity index is 2.18. The summed E-state index contributed by atoms with van der Waals surface area (Å²) in [6.07, 6.45) is 0. The number of carbonyl (C=O) groups is 2. The van der Waals surface area contributed by atoms with Crippen LogP contribution >= 0.6 is 11.3 Å². The molecule has 18 heavy (non-hydrogen) atoms. The summed E-state index contributed by atoms with van der Waals surface area (Å²) in [6, 6.07) is 10.9. The lowest BCUT2D eigenvalue weighted by atomic mass is 10.1. The summed E-state index contributed by atoms with van der Waals surface area (Å²) in [7, 11) is 0. The van der Waals surface area contributed by atoms with E-state index in [4.69, 9.17) is 0 Å². The van der Waals surface area contributed by atoms with Crippen LogP contribution in [0.1, 0.15) is 17.3 Å². The van der Waals surface area contributed by atoms with Crippen LogP contribution in [-0.2, 0) is 9.53 Å². The summed E-state index contributed by atoms with van der Waals surface area (Å²) in [6.45, 7) is 1.88. The maximum Gasteiger partial charge on any atom is 0.379 e. The number of ether oxygens (including phenoxy) is 1. The van der Waals surface area contributed by atoms with E-state index in [0.29, 0.717) is 5.56 Å². The zero-order valence-corrected chi connectivity index (χ0v) is 10.7. The standard InChI is InChI=1S/C14H12O3S/c1-2-17-14(16)13(15)11-7-5-10(6-8-11)12-4-3-9-18-12/h3-9H,2H2,1H3. The molecule has 2 aromatic rings. The molecule has 3 nitrogen and oxygen atoms in total. The first-order valence-electron chi connectivity index (χ1n) is 5.57. The minimum Gasteiger partial charge on any atom is -0.460 e. The molecule has 0 aliphatic rings. The molecule has 0 fully saturated rings. The highest BCUT2D eigenvalue weighted by molar-refractivity contribution is 7.13. The summed E-state index contributed by atoms with van der Waals surface area (Å²) >= 11 is 1.63. The summed E-state index contributed by atoms with van der Waals surface area (Å²) in [5, 5.41) is 1.99. The van der Waals surface area contributed by atoms with E-state index in [2.05, 4.69) is 4.74 Å². The van der Waals surface area contributed by atoms with Gasteiger partial charge in [0.15, 0.2) is 0 Å². The van der Waals surface area contributed by atoms with E-state index in [1.807, 2.05) is 29.6 Å². The summed E-state index contributed by atoms with van der Waals surface area (Å²) in [5.74, 6) is -1.41. The molecule has 2 rings (SSSR count). The van der Waals surface area contributed by atoms with E-state index in [0.717, 1.165) is 10.4 Å². The fraction of sp³-hybridized carbons (Fsp3) is 0.143. The Morgan fingerprint density at radius 1 is 1.17 bits per heavy atom. The molecular formula is C14H12O3S. The lowest BCUT2D eigenvalue weighted by Crippen LogP contribution is -2.17. The van der Waals surface area contributed by atoms with Crippen molar-refractivity contribution in [3.8, 4) is 10.4 Å². The topological polar surface area (TPSA) is 43.4 Å². The molecule has 0 amide bonds. The highest BCUT2D eigenvalue weighted by Gasteiger charge is 2.17. The van der Waals surface area contributed by atoms with Crippen molar-refractivity contribution in [2.45, 2.75) is 6.92 Å². The Labute approximate surface area is 109 Å². The first kappa shape index (κ1) is 12.5. The van der Waals surface area contributed by atoms with Gasteiger partial charge in [-0.2, -0.15) is 0 Å². The van der Waals surface area contributed by atoms with Crippen molar-refractivity contribution in [1.82, 2.24) is 0 Å². The number of esters is 1. The molecule has 0 atom stereocenters. The molecule has 0 saturated carbocycles. The van der Waals surface area contributed by atoms with Gasteiger partial charge in [-0.3, -0.25) is 4.79 Å². The summed E-state index contributed by atoms with van der Waals surface area (Å²) in [4.78, 5) is 24.1. The molecule has 4 heteroatoms. The number of hydrogen-bond donors (Lipinski definition) is 0. The van der Waals surface area contributed by atoms with Crippen molar-refractivity contribution in [1.29, 1.82) is 0 Å². The van der Waals surface area contributed by atoms with Crippen molar-refractivity contribution in [3.05, 3.63) is 47.3 Å². The van der Waals surface area contributed by atoms with E-state index in [1.165, 1.54) is 0 Å². The summed E-state index contributed by atoms with van der Waals surface area (Å²) < 4.78 is 4.67. The van der Waals surface area contributed by atoms with Crippen LogP contribution in [0.25, 0.3) is 10.4 Å². The third kappa shape index (κ3) is 2.65. The van der Waals surface area contributed by atoms with Crippen molar-refractivity contribution >= 4 is 23.1 Å². The second-order valence-electron chi connectivity index (χ2n) is 3.60. The SMILES string of the molecule is CCOC(=O)C(=O)c1ccc(-c2cccs2)cc1. The van der Waals surface area contributed by atoms with E-state index in [1.54, 1.807) is 30.4 Å². The quantitative estimate of drug-likeness (QED) is 0.482. The maximum atomic E-state index is 11.7. The van der Waals surface area contributed by atoms with Crippen LogP contribution in [-0.4, -0.2) is 18.4 Å². The van der Waals surface area contributed by atoms with E-state index in [-0.39, 0.29) is 6.61 Å². The Bertz CT molecular complexity index is 541. The normalized spacial score (nSPS) is 10.1. The van der Waals surface area contributed by atoms with Crippen LogP contribution in [0.5, 0.6) is 0 Å². The number of benzene rings is 1. The molecule has 0 aliphatic heterocycles. The van der Waals surface area contributed by atoms with Gasteiger partial charge in [-0.1, -0.05) is 30.3 Å². The third-order valence-corrected chi connectivity index (χ3v) is 3.33. The lowest BCUT2D eigenvalue weighted by Gasteiger charge is -2.02. The van der Waals surface area contributed by atoms with Crippen molar-refractivity contribution in [2.75, 3.05) is 6.61 Å². The predicted molar refractivity (Wildman–Crippen MR) is 70.7 cm³/mol. The maximum absolute atomic E-state index is 11.7. The van der Waals surface area contributed by atoms with Gasteiger partial charge in [0.1, 0.15) is 0 Å². The van der Waals surface area contributed by atoms with Gasteiger partial charge in [0.25, 0.3) is 5.78 Å². The van der Waals surface area contributed by atoms with Gasteiger partial charge >= 0.3 is 5.97 Å². The minimum atomic E-state index is -0.804. The Morgan fingerprint density at radius 2 is 1.89 bits per heavy atom. The molecule has 1 aromatic heterocycles. The smallest absolute Gasteiger partial charge is 0.379 e. The van der Waals surface area contributed by atoms with Gasteiger partial charge in [0, 0.05) is 10.4 Å². The molecule has 0 aliphatic carbocycles. The number of ketones is 1. The molecule has 0 N–H and O–H groups in total. The fourth-order valence-corrected chi connectivity index (χ4v) is 2.28. The van der Waals surface area contributed by atoms with Crippen LogP contribution in [0.15, 0.2) is 41.8 Å². The van der Waals surface area contributed by atoms with E-state index in [9.17, 15) is 9.59 Å². The van der Waals surface area contributed by atoms with Crippen molar-refractivity contribution in [2.24, 2.45) is 0 Å². The number of hydrogen-bond acceptors (Lipinski definition) is 4. The number of Topliss-reactive ketones (excluding diaryl/α,β-unsaturated/α-hetero) is 1. The van der Waals surface area contributed by atoms with Gasteiger partial charge in [-0.15, -0.1) is 11.3 Å². The van der Waals surface area contributed by atoms with Gasteiger partial charge in [-0.25, -0.2) is 4.79 Å². The second kappa shape index (κ2) is 5.60. The first-order valence-corrected chi connectivity index (χ1v) is 6.45. The van der Waals surface area contributed by atoms with Gasteiger partial charge in [-0.05, 0) is 23.9 Å². The zero-order chi connectivity index (χ0) is 13.0. The van der Waals surface area contributed by atoms with Crippen molar-refractivity contribution in [3.63, 3.8) is 0 Å². The highest BCUT2D eigenvalue weighted by atomic mass is 32.1. The van der Waals surface area contributed by atoms with Gasteiger partial charge in [0.2, 0.25) is 0 Å². The highest BCUT2D eigenvalue weighted by Crippen LogP contribution is 2.24. The van der Waals surface area contributed by atoms with E-state index < -0.39 is 11.8 Å². The van der Waals surface area contributed by atoms with Crippen LogP contribution in [0, 0.1) is 0 Å². The Morgan fingerprint density at radius 3 is 2.44 bits per heavy atom. The van der Waals surface area contributed by atoms with Gasteiger partial charge in [0.05, 0.1) is 6.61 Å². The minimum absolute atomic E-state index is 0.206. The molecular weight excluding hydrogens is 248 g/mol. The van der Waals surface area contributed by atoms with Crippen molar-refractivity contribution < 1.29 is 14.3 Å².